The molecule has 4 aromatic rings. The monoisotopic (exact) mass is 564 g/mol. The summed E-state index contributed by atoms with van der Waals surface area (Å²) in [5, 5.41) is 15.2. The molecule has 3 atom stereocenters. The van der Waals surface area contributed by atoms with Crippen LogP contribution in [0.3, 0.4) is 0 Å². The van der Waals surface area contributed by atoms with E-state index in [1.807, 2.05) is 4.90 Å². The maximum absolute atomic E-state index is 15.8. The first-order valence-electron chi connectivity index (χ1n) is 13.5. The lowest BCUT2D eigenvalue weighted by Crippen LogP contribution is -2.34. The summed E-state index contributed by atoms with van der Waals surface area (Å²) in [5.41, 5.74) is 7.69. The highest BCUT2D eigenvalue weighted by molar-refractivity contribution is 6.01. The highest BCUT2D eigenvalue weighted by atomic mass is 19.1. The fraction of sp³-hybridized carbons (Fsp3) is 0.379. The molecule has 214 valence electrons. The number of hydrogen-bond acceptors (Lipinski definition) is 9. The Morgan fingerprint density at radius 3 is 2.88 bits per heavy atom. The van der Waals surface area contributed by atoms with Gasteiger partial charge in [0.15, 0.2) is 11.6 Å². The molecular formula is C29H30F2N6O4. The van der Waals surface area contributed by atoms with Crippen LogP contribution in [-0.2, 0) is 11.2 Å². The summed E-state index contributed by atoms with van der Waals surface area (Å²) in [6, 6.07) is 6.53. The zero-order valence-corrected chi connectivity index (χ0v) is 22.5. The molecule has 0 amide bonds. The summed E-state index contributed by atoms with van der Waals surface area (Å²) in [6.45, 7) is 1.28. The number of nitrogens with zero attached hydrogens (tertiary/aromatic N) is 5. The van der Waals surface area contributed by atoms with Crippen molar-refractivity contribution in [2.24, 2.45) is 5.73 Å². The third-order valence-corrected chi connectivity index (χ3v) is 7.79. The van der Waals surface area contributed by atoms with Gasteiger partial charge >= 0.3 is 0 Å². The van der Waals surface area contributed by atoms with E-state index in [0.29, 0.717) is 54.8 Å². The predicted molar refractivity (Wildman–Crippen MR) is 147 cm³/mol. The molecule has 0 bridgehead atoms. The number of anilines is 1. The van der Waals surface area contributed by atoms with Crippen LogP contribution >= 0.6 is 0 Å². The van der Waals surface area contributed by atoms with Crippen LogP contribution in [0.5, 0.6) is 5.75 Å². The number of aromatic nitrogens is 4. The van der Waals surface area contributed by atoms with Gasteiger partial charge in [-0.2, -0.15) is 5.10 Å². The molecule has 0 aliphatic carbocycles. The van der Waals surface area contributed by atoms with Crippen molar-refractivity contribution >= 4 is 22.4 Å². The summed E-state index contributed by atoms with van der Waals surface area (Å²) in [7, 11) is 1.41. The Balaban J connectivity index is 1.42. The Kier molecular flexibility index (Phi) is 7.37. The number of aliphatic hydroxyl groups is 1. The van der Waals surface area contributed by atoms with Gasteiger partial charge in [-0.3, -0.25) is 9.48 Å². The molecule has 2 saturated heterocycles. The summed E-state index contributed by atoms with van der Waals surface area (Å²) in [6.07, 6.45) is 4.04. The second-order valence-electron chi connectivity index (χ2n) is 10.4. The van der Waals surface area contributed by atoms with Gasteiger partial charge in [0.25, 0.3) is 0 Å². The van der Waals surface area contributed by atoms with Crippen molar-refractivity contribution in [2.45, 2.75) is 37.4 Å². The number of fused-ring (bicyclic) bond motifs is 1. The summed E-state index contributed by atoms with van der Waals surface area (Å²) >= 11 is 0. The fourth-order valence-electron chi connectivity index (χ4n) is 5.89. The van der Waals surface area contributed by atoms with E-state index < -0.39 is 17.4 Å². The molecule has 2 aromatic heterocycles. The van der Waals surface area contributed by atoms with E-state index in [1.54, 1.807) is 16.9 Å². The highest BCUT2D eigenvalue weighted by Gasteiger charge is 2.34. The van der Waals surface area contributed by atoms with Gasteiger partial charge in [0, 0.05) is 37.2 Å². The Bertz CT molecular complexity index is 1610. The van der Waals surface area contributed by atoms with Crippen LogP contribution in [0.15, 0.2) is 42.7 Å². The largest absolute Gasteiger partial charge is 0.496 e. The summed E-state index contributed by atoms with van der Waals surface area (Å²) in [4.78, 5) is 24.1. The van der Waals surface area contributed by atoms with E-state index >= 15 is 4.39 Å². The number of benzene rings is 2. The first kappa shape index (κ1) is 27.2. The van der Waals surface area contributed by atoms with Crippen molar-refractivity contribution in [3.05, 3.63) is 65.6 Å². The molecule has 2 aliphatic heterocycles. The van der Waals surface area contributed by atoms with Crippen LogP contribution in [0, 0.1) is 11.6 Å². The molecule has 0 spiro atoms. The molecule has 12 heteroatoms. The zero-order chi connectivity index (χ0) is 28.7. The smallest absolute Gasteiger partial charge is 0.185 e. The quantitative estimate of drug-likeness (QED) is 0.310. The summed E-state index contributed by atoms with van der Waals surface area (Å²) in [5.74, 6) is -1.29. The predicted octanol–water partition coefficient (Wildman–Crippen LogP) is 3.07. The third kappa shape index (κ3) is 4.92. The van der Waals surface area contributed by atoms with E-state index in [0.717, 1.165) is 0 Å². The minimum Gasteiger partial charge on any atom is -0.496 e. The Hall–Kier alpha value is -4.00. The lowest BCUT2D eigenvalue weighted by molar-refractivity contribution is 0.0988. The number of ether oxygens (including phenoxy) is 2. The van der Waals surface area contributed by atoms with Gasteiger partial charge < -0.3 is 25.2 Å². The molecule has 41 heavy (non-hydrogen) atoms. The van der Waals surface area contributed by atoms with Gasteiger partial charge in [-0.15, -0.1) is 0 Å². The highest BCUT2D eigenvalue weighted by Crippen LogP contribution is 2.39. The molecule has 2 fully saturated rings. The molecule has 4 heterocycles. The number of aliphatic hydroxyl groups excluding tert-OH is 1. The van der Waals surface area contributed by atoms with Crippen molar-refractivity contribution in [1.82, 2.24) is 19.7 Å². The van der Waals surface area contributed by atoms with E-state index in [-0.39, 0.29) is 54.0 Å². The number of Topliss-reactive ketones (excluding diaryl/α,β-unsaturated/α-hetero) is 1. The van der Waals surface area contributed by atoms with Gasteiger partial charge in [-0.1, -0.05) is 6.07 Å². The van der Waals surface area contributed by atoms with Crippen LogP contribution in [0.25, 0.3) is 22.3 Å². The third-order valence-electron chi connectivity index (χ3n) is 7.79. The number of methoxy groups -OCH3 is 1. The van der Waals surface area contributed by atoms with Crippen molar-refractivity contribution < 1.29 is 28.2 Å². The fourth-order valence-corrected chi connectivity index (χ4v) is 5.89. The topological polar surface area (TPSA) is 129 Å². The Labute approximate surface area is 234 Å². The van der Waals surface area contributed by atoms with Crippen LogP contribution in [0.1, 0.15) is 34.9 Å². The van der Waals surface area contributed by atoms with Gasteiger partial charge in [0.1, 0.15) is 28.6 Å². The second kappa shape index (κ2) is 11.1. The molecule has 10 nitrogen and oxygen atoms in total. The summed E-state index contributed by atoms with van der Waals surface area (Å²) < 4.78 is 42.9. The molecule has 6 rings (SSSR count). The van der Waals surface area contributed by atoms with Gasteiger partial charge in [0.2, 0.25) is 0 Å². The van der Waals surface area contributed by atoms with E-state index in [4.69, 9.17) is 15.2 Å². The van der Waals surface area contributed by atoms with Gasteiger partial charge in [-0.05, 0) is 42.7 Å². The van der Waals surface area contributed by atoms with E-state index in [2.05, 4.69) is 15.1 Å². The molecule has 0 radical (unpaired) electrons. The number of halogens is 2. The van der Waals surface area contributed by atoms with Crippen molar-refractivity contribution in [3.63, 3.8) is 0 Å². The average molecular weight is 565 g/mol. The zero-order valence-electron chi connectivity index (χ0n) is 22.5. The van der Waals surface area contributed by atoms with Crippen molar-refractivity contribution in [3.8, 4) is 17.1 Å². The van der Waals surface area contributed by atoms with Gasteiger partial charge in [0.05, 0.1) is 49.9 Å². The van der Waals surface area contributed by atoms with Crippen molar-refractivity contribution in [2.75, 3.05) is 38.4 Å². The molecule has 2 aliphatic rings. The SMILES string of the molecule is COc1cccc(F)c1-c1nccc(C(=O)Cc2cc(F)c3c(cnn3[C@@H]3CCOC3)c2N2C[C@@H](N)C[C@H]2CO)n1. The average Bonchev–Trinajstić information content (AvgIpc) is 3.73. The van der Waals surface area contributed by atoms with Crippen LogP contribution in [0.4, 0.5) is 14.5 Å². The van der Waals surface area contributed by atoms with Crippen LogP contribution in [-0.4, -0.2) is 76.2 Å². The second-order valence-corrected chi connectivity index (χ2v) is 10.4. The van der Waals surface area contributed by atoms with Crippen LogP contribution in [0.2, 0.25) is 0 Å². The lowest BCUT2D eigenvalue weighted by Gasteiger charge is -2.28. The van der Waals surface area contributed by atoms with E-state index in [1.165, 1.54) is 37.6 Å². The number of rotatable bonds is 8. The molecule has 3 N–H and O–H groups in total. The Morgan fingerprint density at radius 1 is 1.27 bits per heavy atom. The molecule has 2 aromatic carbocycles. The molecule has 0 unspecified atom stereocenters. The Morgan fingerprint density at radius 2 is 2.12 bits per heavy atom. The van der Waals surface area contributed by atoms with E-state index in [9.17, 15) is 14.3 Å². The minimum absolute atomic E-state index is 0.00132. The lowest BCUT2D eigenvalue weighted by atomic mass is 10.00. The number of carbonyl (C=O) groups is 1. The standard InChI is InChI=1S/C29H30F2N6O4/c1-40-25-4-2-3-21(30)26(25)29-33-7-5-23(35-29)24(39)10-16-9-22(31)28-20(12-34-37(28)18-6-8-41-15-18)27(16)36-13-17(32)11-19(36)14-38/h2-5,7,9,12,17-19,38H,6,8,10-11,13-15,32H2,1H3/t17-,18+,19-/m0/s1. The normalized spacial score (nSPS) is 20.7. The van der Waals surface area contributed by atoms with Gasteiger partial charge in [-0.25, -0.2) is 18.7 Å². The number of carbonyl (C=O) groups excluding carboxylic acids is 1. The molecule has 0 saturated carbocycles. The van der Waals surface area contributed by atoms with Crippen molar-refractivity contribution in [1.29, 1.82) is 0 Å². The molecular weight excluding hydrogens is 534 g/mol. The first-order chi connectivity index (χ1) is 19.9. The maximum atomic E-state index is 15.8. The van der Waals surface area contributed by atoms with Crippen LogP contribution < -0.4 is 15.4 Å². The maximum Gasteiger partial charge on any atom is 0.185 e. The first-order valence-corrected chi connectivity index (χ1v) is 13.5. The number of hydrogen-bond donors (Lipinski definition) is 2. The number of ketones is 1. The number of nitrogens with two attached hydrogens (primary N) is 1. The minimum atomic E-state index is -0.589.